The highest BCUT2D eigenvalue weighted by atomic mass is 16.4. The minimum Gasteiger partial charge on any atom is -0.481 e. The highest BCUT2D eigenvalue weighted by Gasteiger charge is 2.16. The first-order chi connectivity index (χ1) is 12.9. The van der Waals surface area contributed by atoms with Crippen LogP contribution < -0.4 is 0 Å². The van der Waals surface area contributed by atoms with Crippen molar-refractivity contribution in [3.05, 3.63) is 0 Å². The molecule has 1 saturated carbocycles. The summed E-state index contributed by atoms with van der Waals surface area (Å²) in [7, 11) is 0. The van der Waals surface area contributed by atoms with Crippen LogP contribution in [0.15, 0.2) is 0 Å². The van der Waals surface area contributed by atoms with E-state index in [1.54, 1.807) is 27.7 Å². The van der Waals surface area contributed by atoms with E-state index in [0.717, 1.165) is 19.3 Å². The molecule has 0 aliphatic heterocycles. The Labute approximate surface area is 166 Å². The second kappa shape index (κ2) is 24.6. The van der Waals surface area contributed by atoms with Gasteiger partial charge >= 0.3 is 23.9 Å². The minimum absolute atomic E-state index is 0.222. The van der Waals surface area contributed by atoms with E-state index in [1.807, 2.05) is 6.92 Å². The second-order valence-electron chi connectivity index (χ2n) is 5.60. The van der Waals surface area contributed by atoms with Gasteiger partial charge < -0.3 is 20.4 Å². The first kappa shape index (κ1) is 33.2. The van der Waals surface area contributed by atoms with Crippen LogP contribution in [0.25, 0.3) is 0 Å². The fraction of sp³-hybridized carbons (Fsp3) is 0.737. The van der Waals surface area contributed by atoms with Crippen molar-refractivity contribution in [2.24, 2.45) is 5.92 Å². The summed E-state index contributed by atoms with van der Waals surface area (Å²) < 4.78 is 0. The number of aliphatic carboxylic acids is 4. The second-order valence-corrected chi connectivity index (χ2v) is 5.60. The van der Waals surface area contributed by atoms with Crippen LogP contribution in [0.1, 0.15) is 86.0 Å². The first-order valence-corrected chi connectivity index (χ1v) is 9.29. The Morgan fingerprint density at radius 1 is 0.714 bits per heavy atom. The SMILES string of the molecule is CC1CCCCC1=O.CCC(=O)O.CCC(=O)O.CCC(=O)O.CCC(=O)O. The molecule has 9 nitrogen and oxygen atoms in total. The zero-order valence-electron chi connectivity index (χ0n) is 17.6. The number of ketones is 1. The van der Waals surface area contributed by atoms with Gasteiger partial charge in [0.1, 0.15) is 5.78 Å². The molecule has 1 unspecified atom stereocenters. The monoisotopic (exact) mass is 408 g/mol. The Morgan fingerprint density at radius 2 is 0.964 bits per heavy atom. The van der Waals surface area contributed by atoms with Crippen LogP contribution in [-0.2, 0) is 24.0 Å². The van der Waals surface area contributed by atoms with E-state index < -0.39 is 23.9 Å². The van der Waals surface area contributed by atoms with E-state index in [4.69, 9.17) is 20.4 Å². The molecule has 0 saturated heterocycles. The number of carboxylic acids is 4. The Balaban J connectivity index is -0.000000131. The third-order valence-electron chi connectivity index (χ3n) is 3.07. The van der Waals surface area contributed by atoms with Crippen LogP contribution in [0.3, 0.4) is 0 Å². The number of rotatable bonds is 4. The maximum atomic E-state index is 10.8. The lowest BCUT2D eigenvalue weighted by Gasteiger charge is -2.14. The lowest BCUT2D eigenvalue weighted by Crippen LogP contribution is -2.14. The summed E-state index contributed by atoms with van der Waals surface area (Å²) in [6.07, 6.45) is 5.23. The Hall–Kier alpha value is -2.45. The zero-order valence-corrected chi connectivity index (χ0v) is 17.6. The summed E-state index contributed by atoms with van der Waals surface area (Å²) in [5.41, 5.74) is 0. The van der Waals surface area contributed by atoms with Crippen LogP contribution in [0, 0.1) is 5.92 Å². The molecule has 9 heteroatoms. The summed E-state index contributed by atoms with van der Waals surface area (Å²) in [5.74, 6) is -2.15. The molecule has 0 aromatic carbocycles. The van der Waals surface area contributed by atoms with Gasteiger partial charge in [-0.25, -0.2) is 0 Å². The largest absolute Gasteiger partial charge is 0.481 e. The number of Topliss-reactive ketones (excluding diaryl/α,β-unsaturated/α-hetero) is 1. The van der Waals surface area contributed by atoms with E-state index in [9.17, 15) is 24.0 Å². The standard InChI is InChI=1S/C7H12O.4C3H6O2/c1-6-4-2-3-5-7(6)8;4*1-2-3(4)5/h6H,2-5H2,1H3;4*2H2,1H3,(H,4,5). The molecular formula is C19H36O9. The molecule has 1 rings (SSSR count). The molecule has 1 fully saturated rings. The summed E-state index contributed by atoms with van der Waals surface area (Å²) in [6.45, 7) is 8.43. The number of hydrogen-bond donors (Lipinski definition) is 4. The van der Waals surface area contributed by atoms with E-state index in [1.165, 1.54) is 6.42 Å². The number of carbonyl (C=O) groups excluding carboxylic acids is 1. The zero-order chi connectivity index (χ0) is 23.1. The van der Waals surface area contributed by atoms with Gasteiger partial charge in [-0.2, -0.15) is 0 Å². The van der Waals surface area contributed by atoms with Gasteiger partial charge in [0.25, 0.3) is 0 Å². The Bertz CT molecular complexity index is 389. The summed E-state index contributed by atoms with van der Waals surface area (Å²) in [4.78, 5) is 48.3. The smallest absolute Gasteiger partial charge is 0.303 e. The molecule has 1 aliphatic carbocycles. The fourth-order valence-electron chi connectivity index (χ4n) is 1.16. The van der Waals surface area contributed by atoms with Gasteiger partial charge in [0.05, 0.1) is 0 Å². The summed E-state index contributed by atoms with van der Waals surface area (Å²) in [5, 5.41) is 30.9. The van der Waals surface area contributed by atoms with Crippen molar-refractivity contribution in [2.75, 3.05) is 0 Å². The van der Waals surface area contributed by atoms with Crippen molar-refractivity contribution in [1.82, 2.24) is 0 Å². The van der Waals surface area contributed by atoms with Gasteiger partial charge in [0.2, 0.25) is 0 Å². The van der Waals surface area contributed by atoms with Crippen LogP contribution >= 0.6 is 0 Å². The Morgan fingerprint density at radius 3 is 1.07 bits per heavy atom. The summed E-state index contributed by atoms with van der Waals surface area (Å²) >= 11 is 0. The van der Waals surface area contributed by atoms with Crippen LogP contribution in [-0.4, -0.2) is 50.1 Å². The van der Waals surface area contributed by atoms with Crippen LogP contribution in [0.5, 0.6) is 0 Å². The molecular weight excluding hydrogens is 372 g/mol. The topological polar surface area (TPSA) is 166 Å². The number of hydrogen-bond acceptors (Lipinski definition) is 5. The van der Waals surface area contributed by atoms with E-state index in [2.05, 4.69) is 0 Å². The minimum atomic E-state index is -0.745. The Kier molecular flexibility index (Phi) is 29.1. The lowest BCUT2D eigenvalue weighted by atomic mass is 9.90. The molecule has 0 radical (unpaired) electrons. The van der Waals surface area contributed by atoms with Gasteiger partial charge in [-0.05, 0) is 12.8 Å². The van der Waals surface area contributed by atoms with E-state index >= 15 is 0 Å². The van der Waals surface area contributed by atoms with Crippen molar-refractivity contribution in [1.29, 1.82) is 0 Å². The highest BCUT2D eigenvalue weighted by Crippen LogP contribution is 2.18. The number of carboxylic acid groups (broad SMARTS) is 4. The third-order valence-corrected chi connectivity index (χ3v) is 3.07. The third kappa shape index (κ3) is 43.7. The molecule has 0 bridgehead atoms. The van der Waals surface area contributed by atoms with Crippen molar-refractivity contribution in [2.45, 2.75) is 86.0 Å². The molecule has 1 atom stereocenters. The molecule has 0 heterocycles. The van der Waals surface area contributed by atoms with Crippen LogP contribution in [0.2, 0.25) is 0 Å². The normalized spacial score (nSPS) is 14.0. The maximum absolute atomic E-state index is 10.8. The predicted molar refractivity (Wildman–Crippen MR) is 104 cm³/mol. The van der Waals surface area contributed by atoms with Gasteiger partial charge in [-0.1, -0.05) is 41.0 Å². The lowest BCUT2D eigenvalue weighted by molar-refractivity contribution is -0.137. The van der Waals surface area contributed by atoms with Crippen molar-refractivity contribution in [3.63, 3.8) is 0 Å². The van der Waals surface area contributed by atoms with Gasteiger partial charge in [0.15, 0.2) is 0 Å². The van der Waals surface area contributed by atoms with Gasteiger partial charge in [0, 0.05) is 38.0 Å². The molecule has 0 aromatic heterocycles. The molecule has 0 amide bonds. The average molecular weight is 408 g/mol. The van der Waals surface area contributed by atoms with Crippen LogP contribution in [0.4, 0.5) is 0 Å². The van der Waals surface area contributed by atoms with E-state index in [-0.39, 0.29) is 25.7 Å². The number of carbonyl (C=O) groups is 5. The molecule has 166 valence electrons. The molecule has 0 spiro atoms. The molecule has 4 N–H and O–H groups in total. The van der Waals surface area contributed by atoms with E-state index in [0.29, 0.717) is 11.7 Å². The van der Waals surface area contributed by atoms with Gasteiger partial charge in [-0.15, -0.1) is 0 Å². The average Bonchev–Trinajstić information content (AvgIpc) is 2.65. The highest BCUT2D eigenvalue weighted by molar-refractivity contribution is 5.81. The maximum Gasteiger partial charge on any atom is 0.303 e. The van der Waals surface area contributed by atoms with Gasteiger partial charge in [-0.3, -0.25) is 24.0 Å². The molecule has 1 aliphatic rings. The summed E-state index contributed by atoms with van der Waals surface area (Å²) in [6, 6.07) is 0. The fourth-order valence-corrected chi connectivity index (χ4v) is 1.16. The first-order valence-electron chi connectivity index (χ1n) is 9.29. The quantitative estimate of drug-likeness (QED) is 0.542. The molecule has 0 aromatic rings. The molecule has 28 heavy (non-hydrogen) atoms. The predicted octanol–water partition coefficient (Wildman–Crippen LogP) is 3.69. The van der Waals surface area contributed by atoms with Crippen molar-refractivity contribution >= 4 is 29.7 Å². The van der Waals surface area contributed by atoms with Crippen molar-refractivity contribution < 1.29 is 44.4 Å². The van der Waals surface area contributed by atoms with Crippen molar-refractivity contribution in [3.8, 4) is 0 Å².